The van der Waals surface area contributed by atoms with E-state index in [9.17, 15) is 13.2 Å². The van der Waals surface area contributed by atoms with Crippen LogP contribution in [0.5, 0.6) is 0 Å². The Morgan fingerprint density at radius 2 is 1.71 bits per heavy atom. The van der Waals surface area contributed by atoms with Crippen molar-refractivity contribution in [3.63, 3.8) is 0 Å². The minimum absolute atomic E-state index is 0.0749. The zero-order valence-electron chi connectivity index (χ0n) is 13.5. The molecule has 1 nitrogen and oxygen atoms in total. The first-order chi connectivity index (χ1) is 9.54. The molecule has 0 radical (unpaired) electrons. The molecule has 0 saturated carbocycles. The third kappa shape index (κ3) is 5.34. The molecule has 0 spiro atoms. The highest BCUT2D eigenvalue weighted by Gasteiger charge is 2.32. The van der Waals surface area contributed by atoms with E-state index in [2.05, 4.69) is 39.9 Å². The molecule has 0 heterocycles. The van der Waals surface area contributed by atoms with Gasteiger partial charge in [-0.3, -0.25) is 0 Å². The van der Waals surface area contributed by atoms with Crippen LogP contribution >= 0.6 is 0 Å². The van der Waals surface area contributed by atoms with Crippen molar-refractivity contribution in [1.29, 1.82) is 0 Å². The molecule has 0 bridgehead atoms. The van der Waals surface area contributed by atoms with Gasteiger partial charge in [0.15, 0.2) is 0 Å². The second-order valence-electron chi connectivity index (χ2n) is 6.72. The van der Waals surface area contributed by atoms with Gasteiger partial charge in [0.25, 0.3) is 0 Å². The molecule has 21 heavy (non-hydrogen) atoms. The third-order valence-electron chi connectivity index (χ3n) is 4.17. The van der Waals surface area contributed by atoms with E-state index in [0.29, 0.717) is 18.4 Å². The lowest BCUT2D eigenvalue weighted by Crippen LogP contribution is -2.40. The van der Waals surface area contributed by atoms with Gasteiger partial charge < -0.3 is 5.32 Å². The summed E-state index contributed by atoms with van der Waals surface area (Å²) in [6.45, 7) is 11.3. The number of nitrogens with one attached hydrogen (secondary N) is 1. The lowest BCUT2D eigenvalue weighted by Gasteiger charge is -2.35. The number of hydrogen-bond donors (Lipinski definition) is 1. The van der Waals surface area contributed by atoms with Crippen LogP contribution in [-0.2, 0) is 12.6 Å². The summed E-state index contributed by atoms with van der Waals surface area (Å²) in [6.07, 6.45) is -3.64. The molecule has 1 atom stereocenters. The second-order valence-corrected chi connectivity index (χ2v) is 6.72. The van der Waals surface area contributed by atoms with Gasteiger partial charge in [0.05, 0.1) is 5.56 Å². The van der Waals surface area contributed by atoms with Crippen molar-refractivity contribution in [2.75, 3.05) is 6.54 Å². The molecule has 0 aliphatic rings. The number of halogens is 3. The summed E-state index contributed by atoms with van der Waals surface area (Å²) in [7, 11) is 0. The van der Waals surface area contributed by atoms with Crippen LogP contribution in [0.1, 0.15) is 45.7 Å². The molecule has 0 fully saturated rings. The number of benzene rings is 1. The molecule has 120 valence electrons. The average Bonchev–Trinajstić information content (AvgIpc) is 2.35. The van der Waals surface area contributed by atoms with E-state index in [1.807, 2.05) is 0 Å². The molecule has 1 N–H and O–H groups in total. The van der Waals surface area contributed by atoms with Gasteiger partial charge >= 0.3 is 6.18 Å². The van der Waals surface area contributed by atoms with E-state index in [-0.39, 0.29) is 5.41 Å². The summed E-state index contributed by atoms with van der Waals surface area (Å²) in [6, 6.07) is 6.04. The Balaban J connectivity index is 2.94. The van der Waals surface area contributed by atoms with E-state index in [1.54, 1.807) is 6.07 Å². The summed E-state index contributed by atoms with van der Waals surface area (Å²) in [4.78, 5) is 0. The van der Waals surface area contributed by atoms with Crippen molar-refractivity contribution >= 4 is 0 Å². The second kappa shape index (κ2) is 6.82. The van der Waals surface area contributed by atoms with E-state index in [4.69, 9.17) is 0 Å². The van der Waals surface area contributed by atoms with Crippen LogP contribution in [0.3, 0.4) is 0 Å². The number of hydrogen-bond acceptors (Lipinski definition) is 1. The van der Waals surface area contributed by atoms with Crippen molar-refractivity contribution in [3.8, 4) is 0 Å². The van der Waals surface area contributed by atoms with Crippen LogP contribution in [0, 0.1) is 11.3 Å². The Bertz CT molecular complexity index is 452. The van der Waals surface area contributed by atoms with Crippen molar-refractivity contribution in [2.45, 2.75) is 53.3 Å². The summed E-state index contributed by atoms with van der Waals surface area (Å²) in [5.74, 6) is 0.373. The Morgan fingerprint density at radius 1 is 1.10 bits per heavy atom. The van der Waals surface area contributed by atoms with Crippen LogP contribution in [0.4, 0.5) is 13.2 Å². The van der Waals surface area contributed by atoms with E-state index in [1.165, 1.54) is 12.1 Å². The fourth-order valence-corrected chi connectivity index (χ4v) is 2.23. The molecule has 4 heteroatoms. The van der Waals surface area contributed by atoms with Gasteiger partial charge in [-0.15, -0.1) is 0 Å². The highest BCUT2D eigenvalue weighted by molar-refractivity contribution is 5.26. The van der Waals surface area contributed by atoms with Gasteiger partial charge in [-0.05, 0) is 29.4 Å². The third-order valence-corrected chi connectivity index (χ3v) is 4.17. The topological polar surface area (TPSA) is 12.0 Å². The van der Waals surface area contributed by atoms with E-state index >= 15 is 0 Å². The fourth-order valence-electron chi connectivity index (χ4n) is 2.23. The molecular formula is C17H26F3N. The Hall–Kier alpha value is -1.03. The molecule has 0 aliphatic carbocycles. The van der Waals surface area contributed by atoms with Gasteiger partial charge in [-0.25, -0.2) is 0 Å². The minimum atomic E-state index is -4.28. The lowest BCUT2D eigenvalue weighted by atomic mass is 9.74. The van der Waals surface area contributed by atoms with E-state index in [0.717, 1.165) is 18.2 Å². The lowest BCUT2D eigenvalue weighted by molar-refractivity contribution is -0.137. The maximum Gasteiger partial charge on any atom is 0.416 e. The zero-order chi connectivity index (χ0) is 16.3. The van der Waals surface area contributed by atoms with Crippen molar-refractivity contribution < 1.29 is 13.2 Å². The van der Waals surface area contributed by atoms with Crippen molar-refractivity contribution in [2.24, 2.45) is 11.3 Å². The van der Waals surface area contributed by atoms with Gasteiger partial charge in [-0.2, -0.15) is 13.2 Å². The maximum absolute atomic E-state index is 12.8. The van der Waals surface area contributed by atoms with Gasteiger partial charge in [0.2, 0.25) is 0 Å². The Labute approximate surface area is 125 Å². The Kier molecular flexibility index (Phi) is 5.85. The molecule has 0 amide bonds. The predicted molar refractivity (Wildman–Crippen MR) is 81.2 cm³/mol. The zero-order valence-corrected chi connectivity index (χ0v) is 13.5. The summed E-state index contributed by atoms with van der Waals surface area (Å²) < 4.78 is 38.4. The van der Waals surface area contributed by atoms with Crippen LogP contribution in [0.15, 0.2) is 24.3 Å². The minimum Gasteiger partial charge on any atom is -0.314 e. The first kappa shape index (κ1) is 18.0. The predicted octanol–water partition coefficient (Wildman–Crippen LogP) is 4.91. The fraction of sp³-hybridized carbons (Fsp3) is 0.647. The SMILES string of the molecule is CC(C)NCC(C)(Cc1cccc(C(F)(F)F)c1)C(C)C. The molecule has 0 saturated heterocycles. The molecule has 1 unspecified atom stereocenters. The summed E-state index contributed by atoms with van der Waals surface area (Å²) in [5, 5.41) is 3.41. The summed E-state index contributed by atoms with van der Waals surface area (Å²) >= 11 is 0. The smallest absolute Gasteiger partial charge is 0.314 e. The quantitative estimate of drug-likeness (QED) is 0.787. The maximum atomic E-state index is 12.8. The van der Waals surface area contributed by atoms with Crippen LogP contribution in [-0.4, -0.2) is 12.6 Å². The molecular weight excluding hydrogens is 275 g/mol. The van der Waals surface area contributed by atoms with Gasteiger partial charge in [-0.1, -0.05) is 52.8 Å². The number of rotatable bonds is 6. The van der Waals surface area contributed by atoms with Gasteiger partial charge in [0, 0.05) is 12.6 Å². The van der Waals surface area contributed by atoms with Crippen LogP contribution in [0.2, 0.25) is 0 Å². The summed E-state index contributed by atoms with van der Waals surface area (Å²) in [5.41, 5.74) is 0.101. The van der Waals surface area contributed by atoms with Crippen molar-refractivity contribution in [3.05, 3.63) is 35.4 Å². The normalized spacial score (nSPS) is 15.5. The molecule has 0 aliphatic heterocycles. The largest absolute Gasteiger partial charge is 0.416 e. The number of alkyl halides is 3. The van der Waals surface area contributed by atoms with Gasteiger partial charge in [0.1, 0.15) is 0 Å². The molecule has 1 rings (SSSR count). The highest BCUT2D eigenvalue weighted by atomic mass is 19.4. The van der Waals surface area contributed by atoms with E-state index < -0.39 is 11.7 Å². The van der Waals surface area contributed by atoms with Crippen molar-refractivity contribution in [1.82, 2.24) is 5.32 Å². The monoisotopic (exact) mass is 301 g/mol. The first-order valence-electron chi connectivity index (χ1n) is 7.44. The molecule has 1 aromatic rings. The van der Waals surface area contributed by atoms with Crippen LogP contribution < -0.4 is 5.32 Å². The molecule has 1 aromatic carbocycles. The molecule has 0 aromatic heterocycles. The van der Waals surface area contributed by atoms with Crippen LogP contribution in [0.25, 0.3) is 0 Å². The Morgan fingerprint density at radius 3 is 2.19 bits per heavy atom. The standard InChI is InChI=1S/C17H26F3N/c1-12(2)16(5,11-21-13(3)4)10-14-7-6-8-15(9-14)17(18,19)20/h6-9,12-13,21H,10-11H2,1-5H3. The average molecular weight is 301 g/mol. The first-order valence-corrected chi connectivity index (χ1v) is 7.44. The highest BCUT2D eigenvalue weighted by Crippen LogP contribution is 2.34.